The van der Waals surface area contributed by atoms with Crippen molar-refractivity contribution in [2.24, 2.45) is 0 Å². The summed E-state index contributed by atoms with van der Waals surface area (Å²) in [6, 6.07) is 10.1. The van der Waals surface area contributed by atoms with E-state index in [0.717, 1.165) is 42.5 Å². The molecule has 1 saturated heterocycles. The summed E-state index contributed by atoms with van der Waals surface area (Å²) in [4.78, 5) is 18.7. The Morgan fingerprint density at radius 3 is 2.65 bits per heavy atom. The number of benzene rings is 1. The Morgan fingerprint density at radius 1 is 1.17 bits per heavy atom. The number of rotatable bonds is 5. The molecule has 0 unspecified atom stereocenters. The molecule has 0 saturated carbocycles. The number of nitrogens with one attached hydrogen (secondary N) is 1. The molecule has 1 aromatic carbocycles. The minimum Gasteiger partial charge on any atom is -0.343 e. The first-order valence-corrected chi connectivity index (χ1v) is 9.24. The van der Waals surface area contributed by atoms with Crippen molar-refractivity contribution in [3.05, 3.63) is 36.7 Å². The number of aromatic nitrogens is 3. The van der Waals surface area contributed by atoms with Crippen LogP contribution in [0.5, 0.6) is 0 Å². The zero-order valence-corrected chi connectivity index (χ0v) is 14.1. The molecule has 0 bridgehead atoms. The van der Waals surface area contributed by atoms with E-state index in [4.69, 9.17) is 0 Å². The molecular formula is C17H23N4OS+. The third-order valence-corrected chi connectivity index (χ3v) is 5.03. The summed E-state index contributed by atoms with van der Waals surface area (Å²) < 4.78 is 1.95. The lowest BCUT2D eigenvalue weighted by Crippen LogP contribution is -2.35. The van der Waals surface area contributed by atoms with Gasteiger partial charge >= 0.3 is 5.16 Å². The van der Waals surface area contributed by atoms with Crippen molar-refractivity contribution in [3.63, 3.8) is 0 Å². The van der Waals surface area contributed by atoms with Gasteiger partial charge in [0.25, 0.3) is 0 Å². The summed E-state index contributed by atoms with van der Waals surface area (Å²) in [5.74, 6) is 1.04. The highest BCUT2D eigenvalue weighted by Crippen LogP contribution is 2.16. The van der Waals surface area contributed by atoms with Gasteiger partial charge in [0.2, 0.25) is 12.2 Å². The Balaban J connectivity index is 1.53. The second kappa shape index (κ2) is 8.15. The zero-order chi connectivity index (χ0) is 15.9. The van der Waals surface area contributed by atoms with E-state index in [1.54, 1.807) is 18.1 Å². The van der Waals surface area contributed by atoms with Crippen LogP contribution in [0.25, 0.3) is 5.69 Å². The van der Waals surface area contributed by atoms with Gasteiger partial charge in [0.1, 0.15) is 0 Å². The van der Waals surface area contributed by atoms with Gasteiger partial charge in [0.15, 0.2) is 5.69 Å². The summed E-state index contributed by atoms with van der Waals surface area (Å²) in [6.07, 6.45) is 7.06. The number of H-pyrrole nitrogens is 1. The molecule has 122 valence electrons. The minimum atomic E-state index is 0.279. The number of aromatic amines is 1. The molecule has 0 spiro atoms. The second-order valence-electron chi connectivity index (χ2n) is 5.73. The third-order valence-electron chi connectivity index (χ3n) is 4.07. The van der Waals surface area contributed by atoms with Crippen molar-refractivity contribution < 1.29 is 9.48 Å². The molecule has 1 amide bonds. The van der Waals surface area contributed by atoms with Crippen molar-refractivity contribution in [1.82, 2.24) is 15.0 Å². The van der Waals surface area contributed by atoms with Crippen molar-refractivity contribution >= 4 is 17.7 Å². The quantitative estimate of drug-likeness (QED) is 0.677. The lowest BCUT2D eigenvalue weighted by Gasteiger charge is -2.19. The second-order valence-corrected chi connectivity index (χ2v) is 6.80. The van der Waals surface area contributed by atoms with E-state index in [-0.39, 0.29) is 5.91 Å². The third kappa shape index (κ3) is 4.34. The molecule has 2 aromatic rings. The first-order valence-electron chi connectivity index (χ1n) is 8.26. The van der Waals surface area contributed by atoms with Gasteiger partial charge in [0, 0.05) is 25.3 Å². The number of carbonyl (C=O) groups is 1. The van der Waals surface area contributed by atoms with Gasteiger partial charge in [0.05, 0.1) is 0 Å². The number of thioether (sulfide) groups is 1. The average molecular weight is 331 g/mol. The van der Waals surface area contributed by atoms with Crippen molar-refractivity contribution in [2.45, 2.75) is 37.3 Å². The predicted octanol–water partition coefficient (Wildman–Crippen LogP) is 2.57. The Hall–Kier alpha value is -1.82. The van der Waals surface area contributed by atoms with Crippen LogP contribution in [0.15, 0.2) is 41.8 Å². The average Bonchev–Trinajstić information content (AvgIpc) is 2.88. The zero-order valence-electron chi connectivity index (χ0n) is 13.3. The molecule has 1 aliphatic heterocycles. The van der Waals surface area contributed by atoms with Gasteiger partial charge < -0.3 is 4.90 Å². The van der Waals surface area contributed by atoms with Crippen LogP contribution in [0.4, 0.5) is 0 Å². The van der Waals surface area contributed by atoms with Crippen LogP contribution in [-0.2, 0) is 4.79 Å². The largest absolute Gasteiger partial charge is 0.385 e. The Labute approximate surface area is 141 Å². The summed E-state index contributed by atoms with van der Waals surface area (Å²) in [5.41, 5.74) is 1.05. The molecule has 0 aliphatic carbocycles. The van der Waals surface area contributed by atoms with Crippen LogP contribution in [-0.4, -0.2) is 39.7 Å². The van der Waals surface area contributed by atoms with Gasteiger partial charge in [-0.1, -0.05) is 31.0 Å². The number of para-hydroxylation sites is 1. The molecule has 1 aliphatic rings. The number of likely N-dealkylation sites (tertiary alicyclic amines) is 1. The van der Waals surface area contributed by atoms with Crippen molar-refractivity contribution in [1.29, 1.82) is 0 Å². The van der Waals surface area contributed by atoms with E-state index in [2.05, 4.69) is 10.1 Å². The molecule has 2 heterocycles. The van der Waals surface area contributed by atoms with Gasteiger partial charge in [-0.15, -0.1) is 4.68 Å². The molecule has 5 nitrogen and oxygen atoms in total. The molecule has 6 heteroatoms. The Morgan fingerprint density at radius 2 is 1.91 bits per heavy atom. The van der Waals surface area contributed by atoms with Gasteiger partial charge in [-0.05, 0) is 41.7 Å². The summed E-state index contributed by atoms with van der Waals surface area (Å²) >= 11 is 1.62. The Kier molecular flexibility index (Phi) is 5.69. The SMILES string of the molecule is O=C(CCSc1nc[nH][n+]1-c1ccccc1)N1CCCCCC1. The van der Waals surface area contributed by atoms with E-state index in [0.29, 0.717) is 6.42 Å². The topological polar surface area (TPSA) is 52.9 Å². The van der Waals surface area contributed by atoms with Gasteiger partial charge in [-0.25, -0.2) is 0 Å². The smallest absolute Gasteiger partial charge is 0.343 e. The molecule has 1 N–H and O–H groups in total. The van der Waals surface area contributed by atoms with E-state index >= 15 is 0 Å². The van der Waals surface area contributed by atoms with Crippen LogP contribution >= 0.6 is 11.8 Å². The van der Waals surface area contributed by atoms with Crippen molar-refractivity contribution in [2.75, 3.05) is 18.8 Å². The maximum absolute atomic E-state index is 12.3. The molecule has 1 fully saturated rings. The molecular weight excluding hydrogens is 308 g/mol. The number of nitrogens with zero attached hydrogens (tertiary/aromatic N) is 3. The standard InChI is InChI=1S/C17H22N4OS/c22-16(20-11-6-1-2-7-12-20)10-13-23-17-18-14-19-21(17)15-8-4-3-5-9-15/h3-5,8-9,14H,1-2,6-7,10-13H2/p+1. The molecule has 0 radical (unpaired) electrons. The number of amides is 1. The molecule has 23 heavy (non-hydrogen) atoms. The summed E-state index contributed by atoms with van der Waals surface area (Å²) in [6.45, 7) is 1.85. The fourth-order valence-electron chi connectivity index (χ4n) is 2.83. The number of hydrogen-bond donors (Lipinski definition) is 1. The highest BCUT2D eigenvalue weighted by atomic mass is 32.2. The van der Waals surface area contributed by atoms with Crippen LogP contribution < -0.4 is 4.68 Å². The Bertz CT molecular complexity index is 621. The van der Waals surface area contributed by atoms with E-state index in [1.165, 1.54) is 12.8 Å². The number of hydrogen-bond acceptors (Lipinski definition) is 3. The van der Waals surface area contributed by atoms with Crippen LogP contribution in [0.3, 0.4) is 0 Å². The summed E-state index contributed by atoms with van der Waals surface area (Å²) in [7, 11) is 0. The fourth-order valence-corrected chi connectivity index (χ4v) is 3.70. The minimum absolute atomic E-state index is 0.279. The maximum atomic E-state index is 12.3. The lowest BCUT2D eigenvalue weighted by molar-refractivity contribution is -0.694. The lowest BCUT2D eigenvalue weighted by atomic mass is 10.2. The van der Waals surface area contributed by atoms with Crippen molar-refractivity contribution in [3.8, 4) is 5.69 Å². The predicted molar refractivity (Wildman–Crippen MR) is 90.5 cm³/mol. The molecule has 1 aromatic heterocycles. The number of carbonyl (C=O) groups excluding carboxylic acids is 1. The normalized spacial score (nSPS) is 15.4. The highest BCUT2D eigenvalue weighted by molar-refractivity contribution is 7.99. The molecule has 3 rings (SSSR count). The first-order chi connectivity index (χ1) is 11.3. The maximum Gasteiger partial charge on any atom is 0.385 e. The van der Waals surface area contributed by atoms with Gasteiger partial charge in [-0.3, -0.25) is 4.79 Å². The highest BCUT2D eigenvalue weighted by Gasteiger charge is 2.19. The molecule has 0 atom stereocenters. The fraction of sp³-hybridized carbons (Fsp3) is 0.471. The van der Waals surface area contributed by atoms with Crippen LogP contribution in [0.2, 0.25) is 0 Å². The summed E-state index contributed by atoms with van der Waals surface area (Å²) in [5, 5.41) is 4.01. The van der Waals surface area contributed by atoms with Gasteiger partial charge in [-0.2, -0.15) is 5.10 Å². The first kappa shape index (κ1) is 16.1. The monoisotopic (exact) mass is 331 g/mol. The van der Waals surface area contributed by atoms with Crippen LogP contribution in [0.1, 0.15) is 32.1 Å². The van der Waals surface area contributed by atoms with E-state index in [1.807, 2.05) is 39.9 Å². The van der Waals surface area contributed by atoms with E-state index in [9.17, 15) is 4.79 Å². The van der Waals surface area contributed by atoms with Crippen LogP contribution in [0, 0.1) is 0 Å². The van der Waals surface area contributed by atoms with E-state index < -0.39 is 0 Å².